The second-order valence-electron chi connectivity index (χ2n) is 6.79. The van der Waals surface area contributed by atoms with Gasteiger partial charge in [-0.15, -0.1) is 5.10 Å². The fraction of sp³-hybridized carbons (Fsp3) is 0.526. The Labute approximate surface area is 153 Å². The molecule has 0 bridgehead atoms. The van der Waals surface area contributed by atoms with Gasteiger partial charge in [0.1, 0.15) is 5.75 Å². The van der Waals surface area contributed by atoms with Gasteiger partial charge in [0.25, 0.3) is 0 Å². The maximum atomic E-state index is 12.6. The monoisotopic (exact) mass is 358 g/mol. The Hall–Kier alpha value is -2.41. The summed E-state index contributed by atoms with van der Waals surface area (Å²) < 4.78 is 13.1. The number of hydrogen-bond donors (Lipinski definition) is 0. The number of aryl methyl sites for hydroxylation is 2. The molecule has 26 heavy (non-hydrogen) atoms. The first-order valence-corrected chi connectivity index (χ1v) is 8.85. The molecular weight excluding hydrogens is 332 g/mol. The molecule has 0 N–H and O–H groups in total. The van der Waals surface area contributed by atoms with E-state index in [0.29, 0.717) is 26.1 Å². The molecule has 1 saturated heterocycles. The third-order valence-corrected chi connectivity index (χ3v) is 5.05. The molecule has 2 heterocycles. The Morgan fingerprint density at radius 3 is 2.81 bits per heavy atom. The summed E-state index contributed by atoms with van der Waals surface area (Å²) in [5.41, 5.74) is 3.16. The van der Waals surface area contributed by atoms with Crippen LogP contribution in [0.25, 0.3) is 0 Å². The van der Waals surface area contributed by atoms with E-state index in [4.69, 9.17) is 9.47 Å². The SMILES string of the molecule is CO[C@@H]1CN(C(=O)CCOc2cccc(C)c2C)C[C@H]1c1cn(C)nn1. The minimum Gasteiger partial charge on any atom is -0.493 e. The lowest BCUT2D eigenvalue weighted by atomic mass is 10.0. The van der Waals surface area contributed by atoms with Gasteiger partial charge < -0.3 is 14.4 Å². The number of benzene rings is 1. The largest absolute Gasteiger partial charge is 0.493 e. The molecule has 7 nitrogen and oxygen atoms in total. The van der Waals surface area contributed by atoms with E-state index < -0.39 is 0 Å². The van der Waals surface area contributed by atoms with Gasteiger partial charge in [0, 0.05) is 33.4 Å². The molecule has 1 fully saturated rings. The lowest BCUT2D eigenvalue weighted by Crippen LogP contribution is -2.30. The molecule has 1 aliphatic rings. The number of aromatic nitrogens is 3. The first-order valence-electron chi connectivity index (χ1n) is 8.85. The van der Waals surface area contributed by atoms with Gasteiger partial charge in [-0.05, 0) is 31.0 Å². The number of ether oxygens (including phenoxy) is 2. The molecule has 2 atom stereocenters. The van der Waals surface area contributed by atoms with Crippen molar-refractivity contribution in [1.29, 1.82) is 0 Å². The molecule has 0 radical (unpaired) electrons. The number of amides is 1. The predicted octanol–water partition coefficient (Wildman–Crippen LogP) is 1.84. The normalized spacial score (nSPS) is 19.8. The second kappa shape index (κ2) is 7.86. The van der Waals surface area contributed by atoms with Gasteiger partial charge in [0.15, 0.2) is 0 Å². The van der Waals surface area contributed by atoms with Crippen molar-refractivity contribution in [1.82, 2.24) is 19.9 Å². The minimum absolute atomic E-state index is 0.0533. The van der Waals surface area contributed by atoms with Crippen molar-refractivity contribution in [3.05, 3.63) is 41.2 Å². The van der Waals surface area contributed by atoms with Gasteiger partial charge in [0.2, 0.25) is 5.91 Å². The highest BCUT2D eigenvalue weighted by molar-refractivity contribution is 5.76. The third-order valence-electron chi connectivity index (χ3n) is 5.05. The van der Waals surface area contributed by atoms with Crippen LogP contribution in [0.4, 0.5) is 0 Å². The van der Waals surface area contributed by atoms with E-state index >= 15 is 0 Å². The quantitative estimate of drug-likeness (QED) is 0.788. The predicted molar refractivity (Wildman–Crippen MR) is 97.1 cm³/mol. The van der Waals surface area contributed by atoms with Crippen molar-refractivity contribution in [2.45, 2.75) is 32.3 Å². The molecule has 0 unspecified atom stereocenters. The van der Waals surface area contributed by atoms with Gasteiger partial charge in [-0.3, -0.25) is 9.48 Å². The number of carbonyl (C=O) groups is 1. The molecule has 3 rings (SSSR count). The lowest BCUT2D eigenvalue weighted by molar-refractivity contribution is -0.131. The van der Waals surface area contributed by atoms with Gasteiger partial charge >= 0.3 is 0 Å². The Morgan fingerprint density at radius 1 is 1.31 bits per heavy atom. The van der Waals surface area contributed by atoms with Crippen LogP contribution in [0.2, 0.25) is 0 Å². The van der Waals surface area contributed by atoms with Crippen molar-refractivity contribution in [3.63, 3.8) is 0 Å². The zero-order valence-corrected chi connectivity index (χ0v) is 15.8. The highest BCUT2D eigenvalue weighted by atomic mass is 16.5. The molecule has 7 heteroatoms. The average molecular weight is 358 g/mol. The van der Waals surface area contributed by atoms with Crippen LogP contribution >= 0.6 is 0 Å². The molecule has 0 aliphatic carbocycles. The smallest absolute Gasteiger partial charge is 0.226 e. The minimum atomic E-state index is -0.0596. The molecule has 1 aliphatic heterocycles. The summed E-state index contributed by atoms with van der Waals surface area (Å²) in [5, 5.41) is 8.17. The van der Waals surface area contributed by atoms with Crippen molar-refractivity contribution in [2.75, 3.05) is 26.8 Å². The highest BCUT2D eigenvalue weighted by Gasteiger charge is 2.37. The molecule has 0 saturated carbocycles. The van der Waals surface area contributed by atoms with Crippen molar-refractivity contribution >= 4 is 5.91 Å². The van der Waals surface area contributed by atoms with Crippen molar-refractivity contribution in [2.24, 2.45) is 7.05 Å². The van der Waals surface area contributed by atoms with Gasteiger partial charge in [-0.1, -0.05) is 17.3 Å². The Morgan fingerprint density at radius 2 is 2.12 bits per heavy atom. The Balaban J connectivity index is 1.56. The van der Waals surface area contributed by atoms with Crippen LogP contribution in [0.1, 0.15) is 29.2 Å². The van der Waals surface area contributed by atoms with E-state index in [2.05, 4.69) is 23.3 Å². The summed E-state index contributed by atoms with van der Waals surface area (Å²) in [6.45, 7) is 5.61. The standard InChI is InChI=1S/C19H26N4O3/c1-13-6-5-7-17(14(13)2)26-9-8-19(24)23-10-15(18(12-23)25-4)16-11-22(3)21-20-16/h5-7,11,15,18H,8-10,12H2,1-4H3/t15-,18+/m0/s1. The zero-order chi connectivity index (χ0) is 18.7. The topological polar surface area (TPSA) is 69.5 Å². The van der Waals surface area contributed by atoms with Crippen LogP contribution in [-0.4, -0.2) is 58.7 Å². The molecule has 1 amide bonds. The van der Waals surface area contributed by atoms with Crippen LogP contribution in [0.15, 0.2) is 24.4 Å². The number of carbonyl (C=O) groups excluding carboxylic acids is 1. The number of nitrogens with zero attached hydrogens (tertiary/aromatic N) is 4. The molecular formula is C19H26N4O3. The number of likely N-dealkylation sites (tertiary alicyclic amines) is 1. The molecule has 0 spiro atoms. The van der Waals surface area contributed by atoms with Crippen LogP contribution in [-0.2, 0) is 16.6 Å². The maximum Gasteiger partial charge on any atom is 0.226 e. The average Bonchev–Trinajstić information content (AvgIpc) is 3.24. The number of rotatable bonds is 6. The summed E-state index contributed by atoms with van der Waals surface area (Å²) in [7, 11) is 3.51. The van der Waals surface area contributed by atoms with E-state index in [-0.39, 0.29) is 17.9 Å². The van der Waals surface area contributed by atoms with Crippen LogP contribution in [0.5, 0.6) is 5.75 Å². The van der Waals surface area contributed by atoms with E-state index in [1.807, 2.05) is 37.2 Å². The van der Waals surface area contributed by atoms with E-state index in [0.717, 1.165) is 17.0 Å². The maximum absolute atomic E-state index is 12.6. The first-order chi connectivity index (χ1) is 12.5. The fourth-order valence-electron chi connectivity index (χ4n) is 3.32. The number of methoxy groups -OCH3 is 1. The summed E-state index contributed by atoms with van der Waals surface area (Å²) in [4.78, 5) is 14.4. The number of hydrogen-bond acceptors (Lipinski definition) is 5. The van der Waals surface area contributed by atoms with E-state index in [9.17, 15) is 4.79 Å². The van der Waals surface area contributed by atoms with Crippen LogP contribution < -0.4 is 4.74 Å². The lowest BCUT2D eigenvalue weighted by Gasteiger charge is -2.16. The van der Waals surface area contributed by atoms with Gasteiger partial charge in [-0.25, -0.2) is 0 Å². The Kier molecular flexibility index (Phi) is 5.56. The molecule has 2 aromatic rings. The third kappa shape index (κ3) is 3.88. The zero-order valence-electron chi connectivity index (χ0n) is 15.8. The van der Waals surface area contributed by atoms with E-state index in [1.54, 1.807) is 11.8 Å². The van der Waals surface area contributed by atoms with Crippen LogP contribution in [0.3, 0.4) is 0 Å². The van der Waals surface area contributed by atoms with Gasteiger partial charge in [-0.2, -0.15) is 0 Å². The van der Waals surface area contributed by atoms with Crippen molar-refractivity contribution in [3.8, 4) is 5.75 Å². The molecule has 1 aromatic heterocycles. The summed E-state index contributed by atoms with van der Waals surface area (Å²) in [6, 6.07) is 5.96. The molecule has 140 valence electrons. The highest BCUT2D eigenvalue weighted by Crippen LogP contribution is 2.28. The second-order valence-corrected chi connectivity index (χ2v) is 6.79. The molecule has 1 aromatic carbocycles. The summed E-state index contributed by atoms with van der Waals surface area (Å²) in [5.74, 6) is 0.966. The summed E-state index contributed by atoms with van der Waals surface area (Å²) >= 11 is 0. The van der Waals surface area contributed by atoms with E-state index in [1.165, 1.54) is 5.56 Å². The summed E-state index contributed by atoms with van der Waals surface area (Å²) in [6.07, 6.45) is 2.17. The van der Waals surface area contributed by atoms with Crippen molar-refractivity contribution < 1.29 is 14.3 Å². The van der Waals surface area contributed by atoms with Crippen LogP contribution in [0, 0.1) is 13.8 Å². The fourth-order valence-corrected chi connectivity index (χ4v) is 3.32. The van der Waals surface area contributed by atoms with Gasteiger partial charge in [0.05, 0.1) is 30.7 Å². The Bertz CT molecular complexity index is 774. The first kappa shape index (κ1) is 18.4.